The number of nitrogens with zero attached hydrogens (tertiary/aromatic N) is 2. The van der Waals surface area contributed by atoms with Gasteiger partial charge < -0.3 is 0 Å². The first-order valence-electron chi connectivity index (χ1n) is 7.55. The molecular formula is C18H22N2S. The van der Waals surface area contributed by atoms with Gasteiger partial charge in [-0.25, -0.2) is 9.97 Å². The monoisotopic (exact) mass is 298 g/mol. The van der Waals surface area contributed by atoms with Gasteiger partial charge in [0, 0.05) is 27.8 Å². The predicted octanol–water partition coefficient (Wildman–Crippen LogP) is 4.80. The zero-order valence-electron chi connectivity index (χ0n) is 13.1. The van der Waals surface area contributed by atoms with Crippen molar-refractivity contribution in [3.8, 4) is 11.4 Å². The summed E-state index contributed by atoms with van der Waals surface area (Å²) in [6, 6.07) is 8.75. The summed E-state index contributed by atoms with van der Waals surface area (Å²) in [5.74, 6) is 0.815. The zero-order valence-corrected chi connectivity index (χ0v) is 14.0. The van der Waals surface area contributed by atoms with Gasteiger partial charge in [-0.3, -0.25) is 0 Å². The third-order valence-electron chi connectivity index (χ3n) is 4.58. The Morgan fingerprint density at radius 2 is 1.57 bits per heavy atom. The maximum absolute atomic E-state index is 4.67. The van der Waals surface area contributed by atoms with E-state index in [-0.39, 0.29) is 5.25 Å². The van der Waals surface area contributed by atoms with Gasteiger partial charge in [0.15, 0.2) is 5.82 Å². The second-order valence-electron chi connectivity index (χ2n) is 6.45. The lowest BCUT2D eigenvalue weighted by atomic mass is 9.97. The maximum Gasteiger partial charge on any atom is 0.159 e. The average Bonchev–Trinajstić information content (AvgIpc) is 3.17. The minimum Gasteiger partial charge on any atom is -0.233 e. The van der Waals surface area contributed by atoms with Gasteiger partial charge in [-0.05, 0) is 44.6 Å². The van der Waals surface area contributed by atoms with Gasteiger partial charge in [-0.15, -0.1) is 0 Å². The number of hydrogen-bond acceptors (Lipinski definition) is 3. The second kappa shape index (κ2) is 5.13. The lowest BCUT2D eigenvalue weighted by Crippen LogP contribution is -2.04. The van der Waals surface area contributed by atoms with Crippen molar-refractivity contribution in [2.45, 2.75) is 51.2 Å². The van der Waals surface area contributed by atoms with Crippen molar-refractivity contribution in [2.24, 2.45) is 0 Å². The molecule has 1 aromatic carbocycles. The summed E-state index contributed by atoms with van der Waals surface area (Å²) in [6.45, 7) is 8.47. The molecular weight excluding hydrogens is 276 g/mol. The Morgan fingerprint density at radius 1 is 1.05 bits per heavy atom. The number of hydrogen-bond donors (Lipinski definition) is 1. The Morgan fingerprint density at radius 3 is 2.00 bits per heavy atom. The van der Waals surface area contributed by atoms with E-state index in [2.05, 4.69) is 60.7 Å². The van der Waals surface area contributed by atoms with Gasteiger partial charge in [0.25, 0.3) is 0 Å². The Labute approximate surface area is 132 Å². The summed E-state index contributed by atoms with van der Waals surface area (Å²) in [5, 5.41) is 0.163. The highest BCUT2D eigenvalue weighted by molar-refractivity contribution is 7.80. The molecule has 2 nitrogen and oxygen atoms in total. The summed E-state index contributed by atoms with van der Waals surface area (Å²) in [7, 11) is 0. The van der Waals surface area contributed by atoms with Crippen molar-refractivity contribution in [1.82, 2.24) is 9.97 Å². The predicted molar refractivity (Wildman–Crippen MR) is 90.9 cm³/mol. The molecule has 1 atom stereocenters. The second-order valence-corrected chi connectivity index (χ2v) is 7.22. The van der Waals surface area contributed by atoms with Crippen LogP contribution in [-0.4, -0.2) is 9.97 Å². The fraction of sp³-hybridized carbons (Fsp3) is 0.444. The van der Waals surface area contributed by atoms with Gasteiger partial charge in [-0.2, -0.15) is 12.6 Å². The minimum absolute atomic E-state index is 0.163. The fourth-order valence-electron chi connectivity index (χ4n) is 2.96. The molecule has 1 unspecified atom stereocenters. The highest BCUT2D eigenvalue weighted by Crippen LogP contribution is 2.47. The smallest absolute Gasteiger partial charge is 0.159 e. The molecule has 2 aromatic rings. The zero-order chi connectivity index (χ0) is 15.2. The lowest BCUT2D eigenvalue weighted by Gasteiger charge is -2.14. The van der Waals surface area contributed by atoms with Crippen molar-refractivity contribution in [3.05, 3.63) is 46.8 Å². The van der Waals surface area contributed by atoms with Crippen LogP contribution >= 0.6 is 12.6 Å². The number of aryl methyl sites for hydroxylation is 2. The molecule has 0 amide bonds. The molecule has 21 heavy (non-hydrogen) atoms. The van der Waals surface area contributed by atoms with E-state index < -0.39 is 0 Å². The normalized spacial score (nSPS) is 17.6. The number of thiol groups is 1. The van der Waals surface area contributed by atoms with Crippen LogP contribution in [0.1, 0.15) is 54.5 Å². The number of rotatable bonds is 3. The van der Waals surface area contributed by atoms with Crippen molar-refractivity contribution in [1.29, 1.82) is 0 Å². The van der Waals surface area contributed by atoms with Crippen LogP contribution in [0, 0.1) is 13.8 Å². The molecule has 1 aliphatic rings. The largest absolute Gasteiger partial charge is 0.233 e. The fourth-order valence-corrected chi connectivity index (χ4v) is 3.33. The highest BCUT2D eigenvalue weighted by Gasteiger charge is 2.38. The van der Waals surface area contributed by atoms with Gasteiger partial charge in [0.2, 0.25) is 0 Å². The topological polar surface area (TPSA) is 25.8 Å². The first kappa shape index (κ1) is 14.6. The van der Waals surface area contributed by atoms with Gasteiger partial charge in [0.1, 0.15) is 0 Å². The van der Waals surface area contributed by atoms with Crippen LogP contribution in [0.15, 0.2) is 24.3 Å². The molecule has 1 heterocycles. The first-order chi connectivity index (χ1) is 9.90. The molecule has 1 saturated carbocycles. The molecule has 0 spiro atoms. The van der Waals surface area contributed by atoms with E-state index in [0.29, 0.717) is 5.41 Å². The SMILES string of the molecule is Cc1nc(-c2ccc(C3(C)CC3)cc2)nc(C)c1C(C)S. The van der Waals surface area contributed by atoms with Gasteiger partial charge in [0.05, 0.1) is 0 Å². The van der Waals surface area contributed by atoms with E-state index in [4.69, 9.17) is 0 Å². The molecule has 1 aliphatic carbocycles. The van der Waals surface area contributed by atoms with Crippen molar-refractivity contribution >= 4 is 12.6 Å². The van der Waals surface area contributed by atoms with Crippen LogP contribution in [0.5, 0.6) is 0 Å². The molecule has 0 aliphatic heterocycles. The Balaban J connectivity index is 1.97. The summed E-state index contributed by atoms with van der Waals surface area (Å²) in [4.78, 5) is 9.35. The van der Waals surface area contributed by atoms with E-state index in [1.807, 2.05) is 13.8 Å². The third kappa shape index (κ3) is 2.71. The summed E-state index contributed by atoms with van der Waals surface area (Å²) >= 11 is 4.52. The van der Waals surface area contributed by atoms with Crippen LogP contribution < -0.4 is 0 Å². The third-order valence-corrected chi connectivity index (χ3v) is 4.84. The van der Waals surface area contributed by atoms with Crippen molar-refractivity contribution < 1.29 is 0 Å². The standard InChI is InChI=1S/C18H22N2S/c1-11-16(13(3)21)12(2)20-17(19-11)14-5-7-15(8-6-14)18(4)9-10-18/h5-8,13,21H,9-10H2,1-4H3. The minimum atomic E-state index is 0.163. The lowest BCUT2D eigenvalue weighted by molar-refractivity contribution is 0.788. The van der Waals surface area contributed by atoms with Crippen LogP contribution in [0.25, 0.3) is 11.4 Å². The molecule has 110 valence electrons. The molecule has 0 bridgehead atoms. The average molecular weight is 298 g/mol. The maximum atomic E-state index is 4.67. The van der Waals surface area contributed by atoms with E-state index in [0.717, 1.165) is 28.3 Å². The van der Waals surface area contributed by atoms with Gasteiger partial charge >= 0.3 is 0 Å². The van der Waals surface area contributed by atoms with E-state index in [9.17, 15) is 0 Å². The van der Waals surface area contributed by atoms with Crippen LogP contribution in [0.2, 0.25) is 0 Å². The van der Waals surface area contributed by atoms with Crippen molar-refractivity contribution in [3.63, 3.8) is 0 Å². The molecule has 0 saturated heterocycles. The Hall–Kier alpha value is -1.35. The molecule has 3 heteroatoms. The number of aromatic nitrogens is 2. The quantitative estimate of drug-likeness (QED) is 0.823. The summed E-state index contributed by atoms with van der Waals surface area (Å²) in [6.07, 6.45) is 2.60. The molecule has 1 aromatic heterocycles. The van der Waals surface area contributed by atoms with Crippen LogP contribution in [-0.2, 0) is 5.41 Å². The molecule has 0 N–H and O–H groups in total. The molecule has 0 radical (unpaired) electrons. The molecule has 3 rings (SSSR count). The summed E-state index contributed by atoms with van der Waals surface area (Å²) < 4.78 is 0. The first-order valence-corrected chi connectivity index (χ1v) is 8.06. The van der Waals surface area contributed by atoms with Crippen molar-refractivity contribution in [2.75, 3.05) is 0 Å². The Kier molecular flexibility index (Phi) is 3.56. The van der Waals surface area contributed by atoms with E-state index >= 15 is 0 Å². The number of benzene rings is 1. The van der Waals surface area contributed by atoms with Crippen LogP contribution in [0.3, 0.4) is 0 Å². The van der Waals surface area contributed by atoms with Crippen LogP contribution in [0.4, 0.5) is 0 Å². The van der Waals surface area contributed by atoms with E-state index in [1.54, 1.807) is 0 Å². The highest BCUT2D eigenvalue weighted by atomic mass is 32.1. The Bertz CT molecular complexity index is 647. The van der Waals surface area contributed by atoms with E-state index in [1.165, 1.54) is 18.4 Å². The molecule has 1 fully saturated rings. The summed E-state index contributed by atoms with van der Waals surface area (Å²) in [5.41, 5.74) is 6.13. The van der Waals surface area contributed by atoms with Gasteiger partial charge in [-0.1, -0.05) is 31.2 Å².